The number of aliphatic hydroxyl groups is 2. The molecule has 0 aliphatic heterocycles. The fraction of sp³-hybridized carbons (Fsp3) is 0.636. The van der Waals surface area contributed by atoms with Gasteiger partial charge in [-0.05, 0) is 91.9 Å². The number of rotatable bonds is 9. The third kappa shape index (κ3) is 5.41. The lowest BCUT2D eigenvalue weighted by atomic mass is 9.45. The summed E-state index contributed by atoms with van der Waals surface area (Å²) >= 11 is 0. The zero-order valence-electron chi connectivity index (χ0n) is 24.6. The molecule has 3 saturated carbocycles. The van der Waals surface area contributed by atoms with Crippen LogP contribution in [0.25, 0.3) is 0 Å². The molecule has 42 heavy (non-hydrogen) atoms. The maximum Gasteiger partial charge on any atom is 0.306 e. The van der Waals surface area contributed by atoms with Crippen LogP contribution < -0.4 is 5.32 Å². The van der Waals surface area contributed by atoms with Crippen molar-refractivity contribution in [1.29, 1.82) is 0 Å². The molecule has 9 nitrogen and oxygen atoms in total. The van der Waals surface area contributed by atoms with Crippen molar-refractivity contribution < 1.29 is 39.2 Å². The molecule has 5 rings (SSSR count). The maximum absolute atomic E-state index is 13.4. The fourth-order valence-corrected chi connectivity index (χ4v) is 8.80. The number of aliphatic hydroxyl groups excluding tert-OH is 1. The summed E-state index contributed by atoms with van der Waals surface area (Å²) in [6, 6.07) is 6.69. The van der Waals surface area contributed by atoms with Crippen LogP contribution >= 0.6 is 0 Å². The Morgan fingerprint density at radius 3 is 2.52 bits per heavy atom. The number of hydrogen-bond acceptors (Lipinski definition) is 8. The summed E-state index contributed by atoms with van der Waals surface area (Å²) in [5, 5.41) is 35.4. The van der Waals surface area contributed by atoms with E-state index in [-0.39, 0.29) is 66.3 Å². The molecule has 1 aromatic carbocycles. The molecule has 0 saturated heterocycles. The quantitative estimate of drug-likeness (QED) is 0.325. The van der Waals surface area contributed by atoms with Gasteiger partial charge in [-0.3, -0.25) is 19.2 Å². The number of hydrogen-bond donors (Lipinski definition) is 4. The highest BCUT2D eigenvalue weighted by Crippen LogP contribution is 2.67. The minimum atomic E-state index is -1.71. The van der Waals surface area contributed by atoms with Gasteiger partial charge in [0.1, 0.15) is 11.4 Å². The highest BCUT2D eigenvalue weighted by molar-refractivity contribution is 5.92. The van der Waals surface area contributed by atoms with Crippen LogP contribution in [0.5, 0.6) is 5.75 Å². The van der Waals surface area contributed by atoms with E-state index in [2.05, 4.69) is 12.2 Å². The number of nitrogens with one attached hydrogen (secondary N) is 1. The van der Waals surface area contributed by atoms with Gasteiger partial charge < -0.3 is 25.4 Å². The van der Waals surface area contributed by atoms with E-state index < -0.39 is 35.5 Å². The summed E-state index contributed by atoms with van der Waals surface area (Å²) in [4.78, 5) is 50.0. The second-order valence-electron chi connectivity index (χ2n) is 13.3. The van der Waals surface area contributed by atoms with E-state index in [1.165, 1.54) is 0 Å². The van der Waals surface area contributed by atoms with E-state index in [9.17, 15) is 34.5 Å². The van der Waals surface area contributed by atoms with Crippen molar-refractivity contribution in [2.24, 2.45) is 28.6 Å². The Balaban J connectivity index is 1.13. The van der Waals surface area contributed by atoms with Gasteiger partial charge in [0, 0.05) is 24.8 Å². The number of carbonyl (C=O) groups excluding carboxylic acids is 4. The summed E-state index contributed by atoms with van der Waals surface area (Å²) in [5.74, 6) is -1.08. The molecule has 0 heterocycles. The molecule has 3 fully saturated rings. The van der Waals surface area contributed by atoms with Crippen LogP contribution in [-0.2, 0) is 30.3 Å². The molecular weight excluding hydrogens is 538 g/mol. The number of ketones is 2. The SMILES string of the molecule is C[C@]12CCC(=O)C=C1CC[C@@H]1[C@@H]2[C@@H](O)C[C@@]2(C)[C@H]1CC[C@]2(O)C(=O)COC(=O)CCC(=O)NCCc1ccc(O)cc1. The Labute approximate surface area is 246 Å². The highest BCUT2D eigenvalue weighted by atomic mass is 16.5. The first kappa shape index (κ1) is 30.4. The Kier molecular flexibility index (Phi) is 8.38. The largest absolute Gasteiger partial charge is 0.508 e. The molecule has 0 spiro atoms. The van der Waals surface area contributed by atoms with Gasteiger partial charge in [-0.25, -0.2) is 0 Å². The second-order valence-corrected chi connectivity index (χ2v) is 13.3. The first-order valence-electron chi connectivity index (χ1n) is 15.3. The molecule has 1 amide bonds. The average molecular weight is 582 g/mol. The van der Waals surface area contributed by atoms with E-state index in [4.69, 9.17) is 4.74 Å². The molecule has 4 aliphatic rings. The molecule has 4 aliphatic carbocycles. The number of allylic oxidation sites excluding steroid dienone is 1. The zero-order valence-corrected chi connectivity index (χ0v) is 24.6. The number of phenolic OH excluding ortho intramolecular Hbond substituents is 1. The lowest BCUT2D eigenvalue weighted by Crippen LogP contribution is -2.62. The molecule has 1 aromatic rings. The predicted octanol–water partition coefficient (Wildman–Crippen LogP) is 3.18. The second kappa shape index (κ2) is 11.6. The molecule has 0 radical (unpaired) electrons. The first-order chi connectivity index (χ1) is 19.9. The van der Waals surface area contributed by atoms with Gasteiger partial charge in [0.2, 0.25) is 11.7 Å². The van der Waals surface area contributed by atoms with Gasteiger partial charge in [-0.15, -0.1) is 0 Å². The number of carbonyl (C=O) groups is 4. The van der Waals surface area contributed by atoms with E-state index >= 15 is 0 Å². The standard InChI is InChI=1S/C33H43NO8/c1-31-14-11-23(36)17-21(31)5-8-24-25-12-15-33(41,32(25,2)18-26(37)30(24)31)27(38)19-42-29(40)10-9-28(39)34-16-13-20-3-6-22(35)7-4-20/h3-4,6-7,17,24-26,30,35,37,41H,5,8-16,18-19H2,1-2H3,(H,34,39)/t24-,25-,26-,30+,31-,32-,33-/m0/s1. The third-order valence-electron chi connectivity index (χ3n) is 11.1. The van der Waals surface area contributed by atoms with Gasteiger partial charge in [-0.2, -0.15) is 0 Å². The summed E-state index contributed by atoms with van der Waals surface area (Å²) in [6.07, 6.45) is 5.36. The van der Waals surface area contributed by atoms with Crippen LogP contribution in [-0.4, -0.2) is 63.6 Å². The van der Waals surface area contributed by atoms with Gasteiger partial charge in [0.05, 0.1) is 12.5 Å². The molecule has 0 unspecified atom stereocenters. The lowest BCUT2D eigenvalue weighted by molar-refractivity contribution is -0.184. The van der Waals surface area contributed by atoms with Gasteiger partial charge in [0.15, 0.2) is 12.4 Å². The Morgan fingerprint density at radius 2 is 1.79 bits per heavy atom. The topological polar surface area (TPSA) is 150 Å². The molecule has 228 valence electrons. The lowest BCUT2D eigenvalue weighted by Gasteiger charge is -2.60. The number of amides is 1. The monoisotopic (exact) mass is 581 g/mol. The van der Waals surface area contributed by atoms with Crippen LogP contribution in [0.1, 0.15) is 77.2 Å². The number of aromatic hydroxyl groups is 1. The number of esters is 1. The molecule has 4 N–H and O–H groups in total. The summed E-state index contributed by atoms with van der Waals surface area (Å²) < 4.78 is 5.22. The van der Waals surface area contributed by atoms with Crippen LogP contribution in [0.15, 0.2) is 35.9 Å². The Morgan fingerprint density at radius 1 is 1.05 bits per heavy atom. The maximum atomic E-state index is 13.4. The Hall–Kier alpha value is -3.04. The van der Waals surface area contributed by atoms with Crippen LogP contribution in [0.4, 0.5) is 0 Å². The van der Waals surface area contributed by atoms with Crippen LogP contribution in [0.3, 0.4) is 0 Å². The highest BCUT2D eigenvalue weighted by Gasteiger charge is 2.68. The third-order valence-corrected chi connectivity index (χ3v) is 11.1. The summed E-state index contributed by atoms with van der Waals surface area (Å²) in [6.45, 7) is 3.86. The van der Waals surface area contributed by atoms with Crippen molar-refractivity contribution in [2.75, 3.05) is 13.2 Å². The molecule has 9 heteroatoms. The Bertz CT molecular complexity index is 1270. The number of benzene rings is 1. The minimum Gasteiger partial charge on any atom is -0.508 e. The van der Waals surface area contributed by atoms with E-state index in [0.29, 0.717) is 25.8 Å². The van der Waals surface area contributed by atoms with Gasteiger partial charge >= 0.3 is 5.97 Å². The first-order valence-corrected chi connectivity index (χ1v) is 15.3. The average Bonchev–Trinajstić information content (AvgIpc) is 3.22. The molecule has 0 bridgehead atoms. The predicted molar refractivity (Wildman–Crippen MR) is 153 cm³/mol. The molecule has 7 atom stereocenters. The number of phenols is 1. The van der Waals surface area contributed by atoms with Gasteiger partial charge in [0.25, 0.3) is 0 Å². The molecule has 0 aromatic heterocycles. The van der Waals surface area contributed by atoms with E-state index in [0.717, 1.165) is 30.4 Å². The number of Topliss-reactive ketones (excluding diaryl/α,β-unsaturated/α-hetero) is 1. The zero-order chi connectivity index (χ0) is 30.3. The smallest absolute Gasteiger partial charge is 0.306 e. The number of fused-ring (bicyclic) bond motifs is 5. The summed E-state index contributed by atoms with van der Waals surface area (Å²) in [7, 11) is 0. The normalized spacial score (nSPS) is 35.3. The number of ether oxygens (including phenoxy) is 1. The van der Waals surface area contributed by atoms with Crippen molar-refractivity contribution in [2.45, 2.75) is 89.8 Å². The minimum absolute atomic E-state index is 0.0220. The molecular formula is C33H43NO8. The van der Waals surface area contributed by atoms with E-state index in [1.807, 2.05) is 6.92 Å². The summed E-state index contributed by atoms with van der Waals surface area (Å²) in [5.41, 5.74) is -0.733. The van der Waals surface area contributed by atoms with E-state index in [1.54, 1.807) is 30.3 Å². The van der Waals surface area contributed by atoms with Crippen molar-refractivity contribution >= 4 is 23.4 Å². The van der Waals surface area contributed by atoms with Crippen molar-refractivity contribution in [1.82, 2.24) is 5.32 Å². The van der Waals surface area contributed by atoms with Crippen molar-refractivity contribution in [3.05, 3.63) is 41.5 Å². The van der Waals surface area contributed by atoms with Crippen LogP contribution in [0.2, 0.25) is 0 Å². The van der Waals surface area contributed by atoms with Crippen molar-refractivity contribution in [3.8, 4) is 5.75 Å². The van der Waals surface area contributed by atoms with Crippen molar-refractivity contribution in [3.63, 3.8) is 0 Å². The van der Waals surface area contributed by atoms with Gasteiger partial charge in [-0.1, -0.05) is 31.6 Å². The fourth-order valence-electron chi connectivity index (χ4n) is 8.80. The van der Waals surface area contributed by atoms with Crippen LogP contribution in [0, 0.1) is 28.6 Å².